The van der Waals surface area contributed by atoms with E-state index in [1.807, 2.05) is 48.5 Å². The normalized spacial score (nSPS) is 25.1. The second kappa shape index (κ2) is 6.53. The molecule has 0 unspecified atom stereocenters. The smallest absolute Gasteiger partial charge is 0.325 e. The highest BCUT2D eigenvalue weighted by Gasteiger charge is 2.62. The summed E-state index contributed by atoms with van der Waals surface area (Å²) in [6.07, 6.45) is 0. The largest absolute Gasteiger partial charge is 0.363 e. The molecule has 0 N–H and O–H groups in total. The monoisotopic (exact) mass is 429 g/mol. The van der Waals surface area contributed by atoms with E-state index >= 15 is 0 Å². The number of hydroxylamine groups is 2. The first kappa shape index (κ1) is 18.3. The molecular weight excluding hydrogens is 414 g/mol. The maximum Gasteiger partial charge on any atom is 0.363 e. The zero-order valence-electron chi connectivity index (χ0n) is 16.2. The van der Waals surface area contributed by atoms with Gasteiger partial charge in [0.25, 0.3) is 11.8 Å². The van der Waals surface area contributed by atoms with Gasteiger partial charge in [-0.25, -0.2) is 4.79 Å². The maximum atomic E-state index is 13.4. The molecule has 3 aliphatic carbocycles. The summed E-state index contributed by atoms with van der Waals surface area (Å²) >= 11 is 5.96. The fourth-order valence-corrected chi connectivity index (χ4v) is 5.68. The van der Waals surface area contributed by atoms with E-state index in [4.69, 9.17) is 16.4 Å². The number of imide groups is 1. The number of carbonyl (C=O) groups excluding carboxylic acids is 3. The van der Waals surface area contributed by atoms with E-state index in [9.17, 15) is 14.4 Å². The Morgan fingerprint density at radius 3 is 1.68 bits per heavy atom. The molecule has 1 aliphatic heterocycles. The van der Waals surface area contributed by atoms with Crippen molar-refractivity contribution in [3.63, 3.8) is 0 Å². The molecule has 1 heterocycles. The minimum atomic E-state index is -0.787. The Hall–Kier alpha value is -3.44. The predicted octanol–water partition coefficient (Wildman–Crippen LogP) is 4.30. The lowest BCUT2D eigenvalue weighted by Crippen LogP contribution is -2.41. The first-order chi connectivity index (χ1) is 15.1. The van der Waals surface area contributed by atoms with Crippen LogP contribution in [0.3, 0.4) is 0 Å². The summed E-state index contributed by atoms with van der Waals surface area (Å²) < 4.78 is 0. The van der Waals surface area contributed by atoms with Crippen LogP contribution in [0.15, 0.2) is 72.8 Å². The molecule has 1 fully saturated rings. The Kier molecular flexibility index (Phi) is 3.86. The lowest BCUT2D eigenvalue weighted by molar-refractivity contribution is -0.174. The molecule has 1 saturated heterocycles. The summed E-state index contributed by atoms with van der Waals surface area (Å²) in [5.41, 5.74) is 4.44. The van der Waals surface area contributed by atoms with E-state index < -0.39 is 29.6 Å². The minimum absolute atomic E-state index is 0.178. The average Bonchev–Trinajstić information content (AvgIpc) is 3.04. The number of hydrogen-bond acceptors (Lipinski definition) is 4. The molecule has 4 aliphatic rings. The van der Waals surface area contributed by atoms with Crippen LogP contribution in [0.2, 0.25) is 5.02 Å². The van der Waals surface area contributed by atoms with E-state index in [0.717, 1.165) is 22.3 Å². The molecule has 7 rings (SSSR count). The topological polar surface area (TPSA) is 63.7 Å². The summed E-state index contributed by atoms with van der Waals surface area (Å²) in [4.78, 5) is 44.8. The molecule has 6 heteroatoms. The lowest BCUT2D eigenvalue weighted by Gasteiger charge is -2.45. The summed E-state index contributed by atoms with van der Waals surface area (Å²) in [5.74, 6) is -3.38. The van der Waals surface area contributed by atoms with Crippen molar-refractivity contribution in [1.82, 2.24) is 5.06 Å². The molecule has 152 valence electrons. The van der Waals surface area contributed by atoms with Gasteiger partial charge < -0.3 is 4.84 Å². The van der Waals surface area contributed by atoms with Crippen molar-refractivity contribution in [3.05, 3.63) is 106 Å². The first-order valence-electron chi connectivity index (χ1n) is 10.1. The Bertz CT molecular complexity index is 1170. The highest BCUT2D eigenvalue weighted by Crippen LogP contribution is 2.60. The van der Waals surface area contributed by atoms with Crippen LogP contribution in [-0.4, -0.2) is 22.8 Å². The van der Waals surface area contributed by atoms with Crippen LogP contribution in [0, 0.1) is 11.8 Å². The van der Waals surface area contributed by atoms with Gasteiger partial charge in [-0.15, -0.1) is 5.06 Å². The third-order valence-corrected chi connectivity index (χ3v) is 6.88. The van der Waals surface area contributed by atoms with Crippen molar-refractivity contribution in [2.24, 2.45) is 11.8 Å². The molecule has 31 heavy (non-hydrogen) atoms. The van der Waals surface area contributed by atoms with Gasteiger partial charge in [0.1, 0.15) is 0 Å². The van der Waals surface area contributed by atoms with Crippen LogP contribution in [0.5, 0.6) is 0 Å². The average molecular weight is 430 g/mol. The molecule has 0 spiro atoms. The van der Waals surface area contributed by atoms with Crippen LogP contribution in [0.1, 0.15) is 44.4 Å². The molecule has 0 saturated carbocycles. The molecular formula is C25H16ClNO4. The van der Waals surface area contributed by atoms with E-state index in [1.165, 1.54) is 12.1 Å². The molecule has 2 bridgehead atoms. The maximum absolute atomic E-state index is 13.4. The van der Waals surface area contributed by atoms with Gasteiger partial charge in [-0.1, -0.05) is 66.2 Å². The Morgan fingerprint density at radius 1 is 0.742 bits per heavy atom. The Balaban J connectivity index is 1.42. The van der Waals surface area contributed by atoms with Crippen LogP contribution in [0.4, 0.5) is 0 Å². The lowest BCUT2D eigenvalue weighted by atomic mass is 9.55. The molecule has 3 aromatic carbocycles. The number of carbonyl (C=O) groups is 3. The van der Waals surface area contributed by atoms with Crippen molar-refractivity contribution >= 4 is 29.4 Å². The second-order valence-corrected chi connectivity index (χ2v) is 8.56. The zero-order valence-corrected chi connectivity index (χ0v) is 17.0. The van der Waals surface area contributed by atoms with Gasteiger partial charge in [0, 0.05) is 16.9 Å². The van der Waals surface area contributed by atoms with Gasteiger partial charge in [0.2, 0.25) is 0 Å². The zero-order chi connectivity index (χ0) is 21.3. The molecule has 3 aromatic rings. The van der Waals surface area contributed by atoms with E-state index in [0.29, 0.717) is 10.1 Å². The number of benzene rings is 3. The quantitative estimate of drug-likeness (QED) is 0.570. The third-order valence-electron chi connectivity index (χ3n) is 6.64. The molecule has 5 nitrogen and oxygen atoms in total. The first-order valence-corrected chi connectivity index (χ1v) is 10.5. The van der Waals surface area contributed by atoms with Crippen molar-refractivity contribution in [2.45, 2.75) is 11.8 Å². The molecule has 0 aromatic heterocycles. The molecule has 0 radical (unpaired) electrons. The van der Waals surface area contributed by atoms with E-state index in [-0.39, 0.29) is 17.4 Å². The number of nitrogens with zero attached hydrogens (tertiary/aromatic N) is 1. The highest BCUT2D eigenvalue weighted by atomic mass is 35.5. The van der Waals surface area contributed by atoms with Gasteiger partial charge in [-0.05, 0) is 40.5 Å². The van der Waals surface area contributed by atoms with Crippen molar-refractivity contribution in [1.29, 1.82) is 0 Å². The highest BCUT2D eigenvalue weighted by molar-refractivity contribution is 6.30. The predicted molar refractivity (Wildman–Crippen MR) is 112 cm³/mol. The standard InChI is InChI=1S/C25H16ClNO4/c26-14-7-5-6-13(12-14)25(30)31-27-23(28)21-19-15-8-1-2-9-16(15)20(22(21)24(27)29)18-11-4-3-10-17(18)19/h1-12,19-22H/t19?,20?,21-,22+. The SMILES string of the molecule is O=C(ON1C(=O)[C@@H]2C3c4ccccc4C(c4ccccc43)[C@@H]2C1=O)c1cccc(Cl)c1. The fraction of sp³-hybridized carbons (Fsp3) is 0.160. The Morgan fingerprint density at radius 2 is 1.23 bits per heavy atom. The summed E-state index contributed by atoms with van der Waals surface area (Å²) in [6, 6.07) is 22.1. The van der Waals surface area contributed by atoms with Gasteiger partial charge in [0.15, 0.2) is 0 Å². The molecule has 2 atom stereocenters. The van der Waals surface area contributed by atoms with Crippen LogP contribution in [0.25, 0.3) is 0 Å². The molecule has 2 amide bonds. The summed E-state index contributed by atoms with van der Waals surface area (Å²) in [7, 11) is 0. The van der Waals surface area contributed by atoms with Crippen LogP contribution < -0.4 is 0 Å². The number of halogens is 1. The van der Waals surface area contributed by atoms with Crippen molar-refractivity contribution in [2.75, 3.05) is 0 Å². The number of hydrogen-bond donors (Lipinski definition) is 0. The minimum Gasteiger partial charge on any atom is -0.325 e. The van der Waals surface area contributed by atoms with Gasteiger partial charge in [-0.2, -0.15) is 0 Å². The van der Waals surface area contributed by atoms with Crippen LogP contribution in [-0.2, 0) is 14.4 Å². The van der Waals surface area contributed by atoms with Crippen molar-refractivity contribution in [3.8, 4) is 0 Å². The third kappa shape index (κ3) is 2.47. The summed E-state index contributed by atoms with van der Waals surface area (Å²) in [6.45, 7) is 0. The number of rotatable bonds is 2. The van der Waals surface area contributed by atoms with Gasteiger partial charge in [-0.3, -0.25) is 9.59 Å². The summed E-state index contributed by atoms with van der Waals surface area (Å²) in [5, 5.41) is 1.04. The van der Waals surface area contributed by atoms with Gasteiger partial charge in [0.05, 0.1) is 17.4 Å². The van der Waals surface area contributed by atoms with Crippen LogP contribution >= 0.6 is 11.6 Å². The second-order valence-electron chi connectivity index (χ2n) is 8.12. The fourth-order valence-electron chi connectivity index (χ4n) is 5.49. The Labute approximate surface area is 183 Å². The van der Waals surface area contributed by atoms with E-state index in [2.05, 4.69) is 0 Å². The van der Waals surface area contributed by atoms with Gasteiger partial charge >= 0.3 is 5.97 Å². The number of amides is 2. The van der Waals surface area contributed by atoms with Crippen molar-refractivity contribution < 1.29 is 19.2 Å². The van der Waals surface area contributed by atoms with E-state index in [1.54, 1.807) is 12.1 Å².